The van der Waals surface area contributed by atoms with Crippen molar-refractivity contribution in [3.05, 3.63) is 46.0 Å². The summed E-state index contributed by atoms with van der Waals surface area (Å²) in [5, 5.41) is 4.89. The van der Waals surface area contributed by atoms with Gasteiger partial charge >= 0.3 is 0 Å². The van der Waals surface area contributed by atoms with Crippen molar-refractivity contribution < 1.29 is 23.6 Å². The Labute approximate surface area is 215 Å². The Morgan fingerprint density at radius 2 is 1.95 bits per heavy atom. The van der Waals surface area contributed by atoms with Gasteiger partial charge in [-0.05, 0) is 56.6 Å². The minimum Gasteiger partial charge on any atom is -0.358 e. The van der Waals surface area contributed by atoms with Gasteiger partial charge in [-0.3, -0.25) is 19.2 Å². The Morgan fingerprint density at radius 3 is 2.62 bits per heavy atom. The van der Waals surface area contributed by atoms with Gasteiger partial charge in [0, 0.05) is 43.5 Å². The highest BCUT2D eigenvalue weighted by molar-refractivity contribution is 6.40. The Morgan fingerprint density at radius 1 is 1.22 bits per heavy atom. The van der Waals surface area contributed by atoms with Crippen LogP contribution < -0.4 is 10.6 Å². The quantitative estimate of drug-likeness (QED) is 0.374. The topological polar surface area (TPSA) is 115 Å². The van der Waals surface area contributed by atoms with E-state index in [2.05, 4.69) is 34.4 Å². The van der Waals surface area contributed by atoms with Crippen LogP contribution in [-0.4, -0.2) is 71.0 Å². The van der Waals surface area contributed by atoms with E-state index in [1.54, 1.807) is 6.08 Å². The van der Waals surface area contributed by atoms with Gasteiger partial charge in [0.15, 0.2) is 0 Å². The molecule has 2 aliphatic heterocycles. The first kappa shape index (κ1) is 26.3. The van der Waals surface area contributed by atoms with E-state index < -0.39 is 23.4 Å². The van der Waals surface area contributed by atoms with Crippen LogP contribution in [0.25, 0.3) is 11.6 Å². The maximum atomic E-state index is 14.7. The number of halogens is 1. The van der Waals surface area contributed by atoms with E-state index in [0.717, 1.165) is 50.3 Å². The first-order chi connectivity index (χ1) is 17.6. The number of ketones is 1. The number of hydrogen-bond donors (Lipinski definition) is 3. The van der Waals surface area contributed by atoms with Crippen LogP contribution in [0.4, 0.5) is 15.8 Å². The highest BCUT2D eigenvalue weighted by atomic mass is 19.1. The highest BCUT2D eigenvalue weighted by Gasteiger charge is 2.30. The molecule has 3 amide bonds. The lowest BCUT2D eigenvalue weighted by Gasteiger charge is -2.25. The summed E-state index contributed by atoms with van der Waals surface area (Å²) < 4.78 is 14.7. The molecular formula is C27H32FN5O4. The first-order valence-electron chi connectivity index (χ1n) is 12.6. The van der Waals surface area contributed by atoms with Crippen LogP contribution in [0.3, 0.4) is 0 Å². The number of benzene rings is 1. The summed E-state index contributed by atoms with van der Waals surface area (Å²) in [6, 6.07) is 2.44. The van der Waals surface area contributed by atoms with Crippen molar-refractivity contribution in [1.82, 2.24) is 14.8 Å². The third-order valence-corrected chi connectivity index (χ3v) is 7.05. The van der Waals surface area contributed by atoms with Gasteiger partial charge < -0.3 is 25.4 Å². The molecule has 10 heteroatoms. The number of carbonyl (C=O) groups is 4. The van der Waals surface area contributed by atoms with Gasteiger partial charge in [-0.2, -0.15) is 0 Å². The molecule has 2 aromatic rings. The van der Waals surface area contributed by atoms with Crippen molar-refractivity contribution in [2.45, 2.75) is 40.5 Å². The first-order valence-corrected chi connectivity index (χ1v) is 12.6. The fourth-order valence-corrected chi connectivity index (χ4v) is 4.83. The second kappa shape index (κ2) is 10.7. The number of hydrogen-bond acceptors (Lipinski definition) is 5. The van der Waals surface area contributed by atoms with E-state index in [-0.39, 0.29) is 17.2 Å². The zero-order valence-corrected chi connectivity index (χ0v) is 21.6. The Balaban J connectivity index is 1.64. The summed E-state index contributed by atoms with van der Waals surface area (Å²) in [5.41, 5.74) is 3.54. The maximum Gasteiger partial charge on any atom is 0.291 e. The molecule has 0 fully saturated rings. The van der Waals surface area contributed by atoms with Gasteiger partial charge in [-0.1, -0.05) is 13.8 Å². The number of H-pyrrole nitrogens is 1. The molecule has 0 radical (unpaired) electrons. The third kappa shape index (κ3) is 5.20. The van der Waals surface area contributed by atoms with Crippen molar-refractivity contribution in [2.75, 3.05) is 43.4 Å². The van der Waals surface area contributed by atoms with Crippen LogP contribution >= 0.6 is 0 Å². The SMILES string of the molecule is CCN(CC)CCN1CCCc2[nH]c(/C=C3\C(=O)Nc4cc(NC(=O)C(C)=O)c(F)cc43)c(C)c2C1=O. The minimum atomic E-state index is -0.946. The van der Waals surface area contributed by atoms with E-state index in [1.165, 1.54) is 6.07 Å². The molecule has 0 aliphatic carbocycles. The molecule has 0 atom stereocenters. The molecule has 37 heavy (non-hydrogen) atoms. The van der Waals surface area contributed by atoms with Crippen LogP contribution in [0, 0.1) is 12.7 Å². The number of likely N-dealkylation sites (N-methyl/N-ethyl adjacent to an activating group) is 1. The molecule has 4 rings (SSSR count). The Hall–Kier alpha value is -3.79. The Bertz CT molecular complexity index is 1310. The molecule has 0 unspecified atom stereocenters. The van der Waals surface area contributed by atoms with Gasteiger partial charge in [0.2, 0.25) is 5.78 Å². The summed E-state index contributed by atoms with van der Waals surface area (Å²) in [4.78, 5) is 56.7. The van der Waals surface area contributed by atoms with E-state index in [9.17, 15) is 23.6 Å². The number of aromatic nitrogens is 1. The summed E-state index contributed by atoms with van der Waals surface area (Å²) in [6.45, 7) is 11.2. The number of aromatic amines is 1. The standard InChI is InChI=1S/C27H32FN5O4/c1-5-32(6-2)10-11-33-9-7-8-20-24(27(33)37)15(3)21(29-20)13-18-17-12-19(28)23(31-25(35)16(4)34)14-22(17)30-26(18)36/h12-14,29H,5-11H2,1-4H3,(H,30,36)(H,31,35)/b18-13-. The van der Waals surface area contributed by atoms with E-state index in [1.807, 2.05) is 11.8 Å². The molecule has 2 aliphatic rings. The lowest BCUT2D eigenvalue weighted by molar-refractivity contribution is -0.133. The number of Topliss-reactive ketones (excluding diaryl/α,β-unsaturated/α-hetero) is 1. The molecule has 1 aromatic carbocycles. The number of anilines is 2. The molecule has 0 saturated heterocycles. The number of fused-ring (bicyclic) bond motifs is 2. The molecule has 3 N–H and O–H groups in total. The Kier molecular flexibility index (Phi) is 7.58. The normalized spacial score (nSPS) is 16.1. The van der Waals surface area contributed by atoms with Gasteiger partial charge in [0.25, 0.3) is 17.7 Å². The maximum absolute atomic E-state index is 14.7. The van der Waals surface area contributed by atoms with E-state index in [4.69, 9.17) is 0 Å². The van der Waals surface area contributed by atoms with Crippen molar-refractivity contribution in [1.29, 1.82) is 0 Å². The summed E-state index contributed by atoms with van der Waals surface area (Å²) >= 11 is 0. The molecule has 0 saturated carbocycles. The van der Waals surface area contributed by atoms with Crippen LogP contribution in [0.2, 0.25) is 0 Å². The van der Waals surface area contributed by atoms with Crippen molar-refractivity contribution >= 4 is 46.5 Å². The second-order valence-corrected chi connectivity index (χ2v) is 9.34. The zero-order chi connectivity index (χ0) is 26.9. The predicted octanol–water partition coefficient (Wildman–Crippen LogP) is 3.21. The lowest BCUT2D eigenvalue weighted by Crippen LogP contribution is -2.38. The monoisotopic (exact) mass is 509 g/mol. The molecule has 0 spiro atoms. The van der Waals surface area contributed by atoms with Crippen molar-refractivity contribution in [3.63, 3.8) is 0 Å². The minimum absolute atomic E-state index is 0.0220. The molecular weight excluding hydrogens is 477 g/mol. The average molecular weight is 510 g/mol. The smallest absolute Gasteiger partial charge is 0.291 e. The summed E-state index contributed by atoms with van der Waals surface area (Å²) in [7, 11) is 0. The third-order valence-electron chi connectivity index (χ3n) is 7.05. The predicted molar refractivity (Wildman–Crippen MR) is 140 cm³/mol. The summed E-state index contributed by atoms with van der Waals surface area (Å²) in [6.07, 6.45) is 3.17. The molecule has 9 nitrogen and oxygen atoms in total. The number of nitrogens with one attached hydrogen (secondary N) is 3. The van der Waals surface area contributed by atoms with Gasteiger partial charge in [-0.15, -0.1) is 0 Å². The fraction of sp³-hybridized carbons (Fsp3) is 0.407. The zero-order valence-electron chi connectivity index (χ0n) is 21.6. The van der Waals surface area contributed by atoms with Gasteiger partial charge in [0.05, 0.1) is 22.5 Å². The number of aryl methyl sites for hydroxylation is 1. The molecule has 3 heterocycles. The summed E-state index contributed by atoms with van der Waals surface area (Å²) in [5.74, 6) is -2.92. The number of nitrogens with zero attached hydrogens (tertiary/aromatic N) is 2. The van der Waals surface area contributed by atoms with Crippen LogP contribution in [0.15, 0.2) is 12.1 Å². The fourth-order valence-electron chi connectivity index (χ4n) is 4.83. The van der Waals surface area contributed by atoms with E-state index >= 15 is 0 Å². The lowest BCUT2D eigenvalue weighted by atomic mass is 10.0. The van der Waals surface area contributed by atoms with Crippen molar-refractivity contribution in [3.8, 4) is 0 Å². The highest BCUT2D eigenvalue weighted by Crippen LogP contribution is 2.37. The van der Waals surface area contributed by atoms with Gasteiger partial charge in [0.1, 0.15) is 5.82 Å². The van der Waals surface area contributed by atoms with Crippen LogP contribution in [0.1, 0.15) is 60.1 Å². The van der Waals surface area contributed by atoms with E-state index in [0.29, 0.717) is 42.0 Å². The second-order valence-electron chi connectivity index (χ2n) is 9.34. The number of carbonyl (C=O) groups excluding carboxylic acids is 4. The number of rotatable bonds is 8. The number of amides is 3. The average Bonchev–Trinajstić information content (AvgIpc) is 3.27. The van der Waals surface area contributed by atoms with Gasteiger partial charge in [-0.25, -0.2) is 4.39 Å². The van der Waals surface area contributed by atoms with Crippen molar-refractivity contribution in [2.24, 2.45) is 0 Å². The molecule has 196 valence electrons. The van der Waals surface area contributed by atoms with Crippen LogP contribution in [0.5, 0.6) is 0 Å². The molecule has 1 aromatic heterocycles. The largest absolute Gasteiger partial charge is 0.358 e. The molecule has 0 bridgehead atoms. The van der Waals surface area contributed by atoms with Crippen LogP contribution in [-0.2, 0) is 20.8 Å².